The van der Waals surface area contributed by atoms with Gasteiger partial charge in [0.15, 0.2) is 11.7 Å². The maximum absolute atomic E-state index is 6.50. The van der Waals surface area contributed by atoms with E-state index in [1.165, 1.54) is 18.5 Å². The first-order valence-corrected chi connectivity index (χ1v) is 10.1. The Morgan fingerprint density at radius 1 is 1.21 bits per heavy atom. The molecule has 148 valence electrons. The van der Waals surface area contributed by atoms with Gasteiger partial charge in [-0.2, -0.15) is 4.99 Å². The highest BCUT2D eigenvalue weighted by molar-refractivity contribution is 6.33. The fourth-order valence-electron chi connectivity index (χ4n) is 3.22. The van der Waals surface area contributed by atoms with Crippen molar-refractivity contribution in [2.75, 3.05) is 18.0 Å². The van der Waals surface area contributed by atoms with Crippen molar-refractivity contribution in [1.29, 1.82) is 0 Å². The minimum Gasteiger partial charge on any atom is -0.473 e. The first-order valence-electron chi connectivity index (χ1n) is 9.75. The molecule has 0 radical (unpaired) electrons. The van der Waals surface area contributed by atoms with Crippen LogP contribution in [0.15, 0.2) is 47.5 Å². The third-order valence-electron chi connectivity index (χ3n) is 5.06. The van der Waals surface area contributed by atoms with Gasteiger partial charge in [-0.05, 0) is 62.9 Å². The summed E-state index contributed by atoms with van der Waals surface area (Å²) in [5.74, 6) is 1.18. The quantitative estimate of drug-likeness (QED) is 0.335. The first kappa shape index (κ1) is 20.4. The van der Waals surface area contributed by atoms with Gasteiger partial charge in [0.25, 0.3) is 0 Å². The van der Waals surface area contributed by atoms with Crippen LogP contribution in [0.5, 0.6) is 0 Å². The monoisotopic (exact) mass is 397 g/mol. The molecule has 1 unspecified atom stereocenters. The Labute approximate surface area is 172 Å². The van der Waals surface area contributed by atoms with Crippen LogP contribution in [0.3, 0.4) is 0 Å². The second-order valence-electron chi connectivity index (χ2n) is 7.44. The van der Waals surface area contributed by atoms with E-state index in [-0.39, 0.29) is 6.10 Å². The molecule has 5 heteroatoms. The second-order valence-corrected chi connectivity index (χ2v) is 7.84. The van der Waals surface area contributed by atoms with Crippen molar-refractivity contribution in [2.45, 2.75) is 46.6 Å². The molecule has 1 aromatic carbocycles. The van der Waals surface area contributed by atoms with E-state index in [4.69, 9.17) is 21.3 Å². The van der Waals surface area contributed by atoms with Crippen LogP contribution in [0.4, 0.5) is 11.5 Å². The number of hydrogen-bond donors (Lipinski definition) is 0. The third-order valence-corrected chi connectivity index (χ3v) is 5.34. The molecule has 2 aromatic rings. The van der Waals surface area contributed by atoms with Crippen molar-refractivity contribution in [3.05, 3.63) is 53.1 Å². The van der Waals surface area contributed by atoms with E-state index in [9.17, 15) is 0 Å². The van der Waals surface area contributed by atoms with Crippen LogP contribution in [-0.4, -0.2) is 30.1 Å². The zero-order valence-electron chi connectivity index (χ0n) is 17.1. The van der Waals surface area contributed by atoms with Gasteiger partial charge in [-0.15, -0.1) is 0 Å². The van der Waals surface area contributed by atoms with Gasteiger partial charge in [-0.3, -0.25) is 0 Å². The first-order chi connectivity index (χ1) is 13.3. The Hall–Kier alpha value is -2.33. The zero-order chi connectivity index (χ0) is 20.3. The van der Waals surface area contributed by atoms with Gasteiger partial charge in [0.1, 0.15) is 6.10 Å². The van der Waals surface area contributed by atoms with Gasteiger partial charge < -0.3 is 9.64 Å². The third kappa shape index (κ3) is 4.74. The van der Waals surface area contributed by atoms with Gasteiger partial charge >= 0.3 is 0 Å². The summed E-state index contributed by atoms with van der Waals surface area (Å²) in [5.41, 5.74) is 4.83. The highest BCUT2D eigenvalue weighted by atomic mass is 35.5. The molecular weight excluding hydrogens is 370 g/mol. The lowest BCUT2D eigenvalue weighted by molar-refractivity contribution is 0.242. The number of benzene rings is 1. The maximum Gasteiger partial charge on any atom is 0.187 e. The number of halogens is 1. The standard InChI is InChI=1S/C23H28ClN3O/c1-15(2)17(4)28-18(5)25-23-16(3)14-21(24)22(26-23)19-8-10-20(11-9-19)27-12-6-7-13-27/h8-11,14,17H,1,6-7,12-13H2,2-5H3/b25-18+. The van der Waals surface area contributed by atoms with Crippen LogP contribution in [0.1, 0.15) is 39.2 Å². The van der Waals surface area contributed by atoms with E-state index < -0.39 is 0 Å². The topological polar surface area (TPSA) is 37.7 Å². The van der Waals surface area contributed by atoms with E-state index in [1.54, 1.807) is 0 Å². The summed E-state index contributed by atoms with van der Waals surface area (Å²) in [4.78, 5) is 11.7. The molecule has 0 N–H and O–H groups in total. The lowest BCUT2D eigenvalue weighted by Crippen LogP contribution is -2.17. The number of rotatable bonds is 5. The van der Waals surface area contributed by atoms with Gasteiger partial charge in [0.2, 0.25) is 0 Å². The molecule has 3 rings (SSSR count). The predicted molar refractivity (Wildman–Crippen MR) is 119 cm³/mol. The molecule has 1 aliphatic heterocycles. The lowest BCUT2D eigenvalue weighted by Gasteiger charge is -2.18. The number of aliphatic imine (C=N–C) groups is 1. The molecule has 0 spiro atoms. The normalized spacial score (nSPS) is 15.6. The van der Waals surface area contributed by atoms with Gasteiger partial charge in [0.05, 0.1) is 10.7 Å². The van der Waals surface area contributed by atoms with Gasteiger partial charge in [0, 0.05) is 31.3 Å². The number of ether oxygens (including phenoxy) is 1. The summed E-state index contributed by atoms with van der Waals surface area (Å²) in [6.07, 6.45) is 2.44. The average Bonchev–Trinajstić information content (AvgIpc) is 3.18. The summed E-state index contributed by atoms with van der Waals surface area (Å²) in [7, 11) is 0. The molecule has 1 aromatic heterocycles. The molecule has 0 aliphatic carbocycles. The lowest BCUT2D eigenvalue weighted by atomic mass is 10.1. The smallest absolute Gasteiger partial charge is 0.187 e. The maximum atomic E-state index is 6.50. The fourth-order valence-corrected chi connectivity index (χ4v) is 3.54. The van der Waals surface area contributed by atoms with Crippen LogP contribution in [-0.2, 0) is 4.74 Å². The van der Waals surface area contributed by atoms with E-state index in [1.807, 2.05) is 33.8 Å². The number of nitrogens with zero attached hydrogens (tertiary/aromatic N) is 3. The molecule has 0 amide bonds. The molecule has 1 atom stereocenters. The number of anilines is 1. The Morgan fingerprint density at radius 2 is 1.86 bits per heavy atom. The Morgan fingerprint density at radius 3 is 2.46 bits per heavy atom. The Balaban J connectivity index is 1.87. The molecular formula is C23H28ClN3O. The highest BCUT2D eigenvalue weighted by Gasteiger charge is 2.14. The van der Waals surface area contributed by atoms with Gasteiger partial charge in [-0.1, -0.05) is 30.3 Å². The summed E-state index contributed by atoms with van der Waals surface area (Å²) < 4.78 is 5.79. The molecule has 28 heavy (non-hydrogen) atoms. The molecule has 1 aliphatic rings. The molecule has 0 bridgehead atoms. The molecule has 1 fully saturated rings. The Bertz CT molecular complexity index is 883. The van der Waals surface area contributed by atoms with Crippen molar-refractivity contribution < 1.29 is 4.74 Å². The summed E-state index contributed by atoms with van der Waals surface area (Å²) >= 11 is 6.50. The Kier molecular flexibility index (Phi) is 6.40. The minimum absolute atomic E-state index is 0.0889. The predicted octanol–water partition coefficient (Wildman–Crippen LogP) is 6.34. The van der Waals surface area contributed by atoms with Crippen LogP contribution in [0.2, 0.25) is 5.02 Å². The zero-order valence-corrected chi connectivity index (χ0v) is 17.9. The van der Waals surface area contributed by atoms with E-state index in [0.717, 1.165) is 35.5 Å². The van der Waals surface area contributed by atoms with Crippen molar-refractivity contribution in [3.8, 4) is 11.3 Å². The van der Waals surface area contributed by atoms with Crippen molar-refractivity contribution >= 4 is 29.0 Å². The fraction of sp³-hybridized carbons (Fsp3) is 0.391. The molecule has 1 saturated heterocycles. The van der Waals surface area contributed by atoms with E-state index >= 15 is 0 Å². The van der Waals surface area contributed by atoms with Crippen LogP contribution >= 0.6 is 11.6 Å². The molecule has 0 saturated carbocycles. The SMILES string of the molecule is C=C(C)C(C)O/C(C)=N/c1nc(-c2ccc(N3CCCC3)cc2)c(Cl)cc1C. The van der Waals surface area contributed by atoms with Crippen LogP contribution < -0.4 is 4.90 Å². The summed E-state index contributed by atoms with van der Waals surface area (Å²) in [6.45, 7) is 13.9. The van der Waals surface area contributed by atoms with E-state index in [2.05, 4.69) is 40.7 Å². The van der Waals surface area contributed by atoms with E-state index in [0.29, 0.717) is 16.7 Å². The average molecular weight is 398 g/mol. The number of aryl methyl sites for hydroxylation is 1. The summed E-state index contributed by atoms with van der Waals surface area (Å²) in [5, 5.41) is 0.624. The van der Waals surface area contributed by atoms with Crippen molar-refractivity contribution in [2.24, 2.45) is 4.99 Å². The van der Waals surface area contributed by atoms with Crippen molar-refractivity contribution in [1.82, 2.24) is 4.98 Å². The number of hydrogen-bond acceptors (Lipinski definition) is 4. The largest absolute Gasteiger partial charge is 0.473 e. The second kappa shape index (κ2) is 8.78. The molecule has 2 heterocycles. The summed E-state index contributed by atoms with van der Waals surface area (Å²) in [6, 6.07) is 10.4. The highest BCUT2D eigenvalue weighted by Crippen LogP contribution is 2.32. The minimum atomic E-state index is -0.0889. The van der Waals surface area contributed by atoms with Crippen molar-refractivity contribution in [3.63, 3.8) is 0 Å². The number of aromatic nitrogens is 1. The number of pyridine rings is 1. The van der Waals surface area contributed by atoms with Crippen LogP contribution in [0.25, 0.3) is 11.3 Å². The van der Waals surface area contributed by atoms with Gasteiger partial charge in [-0.25, -0.2) is 4.98 Å². The van der Waals surface area contributed by atoms with Crippen LogP contribution in [0, 0.1) is 6.92 Å². The molecule has 4 nitrogen and oxygen atoms in total.